The molecule has 2 aliphatic rings. The van der Waals surface area contributed by atoms with Gasteiger partial charge in [-0.1, -0.05) is 19.8 Å². The highest BCUT2D eigenvalue weighted by Crippen LogP contribution is 2.28. The Kier molecular flexibility index (Phi) is 3.45. The summed E-state index contributed by atoms with van der Waals surface area (Å²) in [6.45, 7) is 4.51. The predicted molar refractivity (Wildman–Crippen MR) is 58.2 cm³/mol. The molecule has 14 heavy (non-hydrogen) atoms. The van der Waals surface area contributed by atoms with Crippen LogP contribution < -0.4 is 0 Å². The van der Waals surface area contributed by atoms with E-state index in [0.717, 1.165) is 24.9 Å². The van der Waals surface area contributed by atoms with Gasteiger partial charge in [-0.3, -0.25) is 4.90 Å². The lowest BCUT2D eigenvalue weighted by atomic mass is 9.85. The van der Waals surface area contributed by atoms with E-state index in [4.69, 9.17) is 0 Å². The van der Waals surface area contributed by atoms with Crippen LogP contribution in [0.3, 0.4) is 0 Å². The number of β-amino-alcohol motifs (C(OH)–C–C–N with tert-alkyl or cyclic N) is 1. The van der Waals surface area contributed by atoms with Crippen LogP contribution in [-0.2, 0) is 0 Å². The monoisotopic (exact) mass is 197 g/mol. The Morgan fingerprint density at radius 3 is 2.71 bits per heavy atom. The minimum absolute atomic E-state index is 0.0546. The zero-order chi connectivity index (χ0) is 9.97. The second-order valence-corrected chi connectivity index (χ2v) is 5.22. The molecular weight excluding hydrogens is 174 g/mol. The number of nitrogens with zero attached hydrogens (tertiary/aromatic N) is 1. The van der Waals surface area contributed by atoms with Gasteiger partial charge in [0.15, 0.2) is 0 Å². The average molecular weight is 197 g/mol. The number of aliphatic hydroxyl groups excluding tert-OH is 1. The topological polar surface area (TPSA) is 23.5 Å². The number of aliphatic hydroxyl groups is 1. The van der Waals surface area contributed by atoms with Crippen LogP contribution in [0.1, 0.15) is 45.4 Å². The first-order valence-corrected chi connectivity index (χ1v) is 6.18. The molecule has 1 aliphatic carbocycles. The van der Waals surface area contributed by atoms with Crippen molar-refractivity contribution in [2.75, 3.05) is 13.1 Å². The number of likely N-dealkylation sites (tertiary alicyclic amines) is 1. The fraction of sp³-hybridized carbons (Fsp3) is 1.00. The average Bonchev–Trinajstić information content (AvgIpc) is 2.18. The van der Waals surface area contributed by atoms with E-state index in [2.05, 4.69) is 11.8 Å². The molecule has 2 rings (SSSR count). The third-order valence-corrected chi connectivity index (χ3v) is 3.85. The summed E-state index contributed by atoms with van der Waals surface area (Å²) in [7, 11) is 0. The Morgan fingerprint density at radius 2 is 2.00 bits per heavy atom. The summed E-state index contributed by atoms with van der Waals surface area (Å²) in [5.41, 5.74) is 0. The second-order valence-electron chi connectivity index (χ2n) is 5.22. The molecule has 1 saturated heterocycles. The van der Waals surface area contributed by atoms with Gasteiger partial charge in [-0.15, -0.1) is 0 Å². The first kappa shape index (κ1) is 10.4. The lowest BCUT2D eigenvalue weighted by molar-refractivity contribution is 0.0300. The van der Waals surface area contributed by atoms with Crippen LogP contribution in [0.15, 0.2) is 0 Å². The van der Waals surface area contributed by atoms with Gasteiger partial charge in [0.25, 0.3) is 0 Å². The molecule has 1 saturated carbocycles. The van der Waals surface area contributed by atoms with Gasteiger partial charge in [0, 0.05) is 12.6 Å². The van der Waals surface area contributed by atoms with Crippen molar-refractivity contribution in [2.45, 2.75) is 57.6 Å². The number of rotatable bonds is 1. The quantitative estimate of drug-likeness (QED) is 0.695. The van der Waals surface area contributed by atoms with E-state index in [9.17, 15) is 5.11 Å². The molecule has 1 aliphatic heterocycles. The molecule has 2 fully saturated rings. The smallest absolute Gasteiger partial charge is 0.0667 e. The van der Waals surface area contributed by atoms with E-state index < -0.39 is 0 Å². The van der Waals surface area contributed by atoms with Crippen LogP contribution in [0.25, 0.3) is 0 Å². The predicted octanol–water partition coefficient (Wildman–Crippen LogP) is 2.02. The molecule has 0 bridgehead atoms. The summed E-state index contributed by atoms with van der Waals surface area (Å²) >= 11 is 0. The van der Waals surface area contributed by atoms with Crippen molar-refractivity contribution in [3.05, 3.63) is 0 Å². The highest BCUT2D eigenvalue weighted by molar-refractivity contribution is 4.82. The van der Waals surface area contributed by atoms with E-state index >= 15 is 0 Å². The molecule has 1 N–H and O–H groups in total. The standard InChI is InChI=1S/C12H23NO/c1-10-4-2-5-11(8-10)13-7-3-6-12(14)9-13/h10-12,14H,2-9H2,1H3/t10-,11+,12+/m0/s1. The Hall–Kier alpha value is -0.0800. The summed E-state index contributed by atoms with van der Waals surface area (Å²) in [4.78, 5) is 2.53. The molecule has 2 heteroatoms. The largest absolute Gasteiger partial charge is 0.392 e. The van der Waals surface area contributed by atoms with Crippen LogP contribution in [0.5, 0.6) is 0 Å². The maximum atomic E-state index is 9.63. The molecule has 0 aromatic rings. The molecule has 3 atom stereocenters. The van der Waals surface area contributed by atoms with Gasteiger partial charge in [0.2, 0.25) is 0 Å². The fourth-order valence-electron chi connectivity index (χ4n) is 3.05. The number of hydrogen-bond donors (Lipinski definition) is 1. The molecule has 0 unspecified atom stereocenters. The summed E-state index contributed by atoms with van der Waals surface area (Å²) in [5.74, 6) is 0.896. The minimum atomic E-state index is -0.0546. The van der Waals surface area contributed by atoms with Crippen molar-refractivity contribution in [1.82, 2.24) is 4.90 Å². The molecular formula is C12H23NO. The van der Waals surface area contributed by atoms with Crippen LogP contribution in [0, 0.1) is 5.92 Å². The molecule has 0 radical (unpaired) electrons. The third kappa shape index (κ3) is 2.48. The number of hydrogen-bond acceptors (Lipinski definition) is 2. The molecule has 82 valence electrons. The zero-order valence-electron chi connectivity index (χ0n) is 9.28. The van der Waals surface area contributed by atoms with Crippen molar-refractivity contribution in [3.63, 3.8) is 0 Å². The maximum Gasteiger partial charge on any atom is 0.0667 e. The van der Waals surface area contributed by atoms with Crippen molar-refractivity contribution in [3.8, 4) is 0 Å². The molecule has 0 spiro atoms. The minimum Gasteiger partial charge on any atom is -0.392 e. The van der Waals surface area contributed by atoms with E-state index in [0.29, 0.717) is 0 Å². The van der Waals surface area contributed by atoms with Crippen molar-refractivity contribution < 1.29 is 5.11 Å². The molecule has 1 heterocycles. The highest BCUT2D eigenvalue weighted by atomic mass is 16.3. The van der Waals surface area contributed by atoms with Gasteiger partial charge in [0.1, 0.15) is 0 Å². The van der Waals surface area contributed by atoms with Crippen molar-refractivity contribution >= 4 is 0 Å². The van der Waals surface area contributed by atoms with Crippen LogP contribution in [0.2, 0.25) is 0 Å². The van der Waals surface area contributed by atoms with Gasteiger partial charge < -0.3 is 5.11 Å². The summed E-state index contributed by atoms with van der Waals surface area (Å²) in [6.07, 6.45) is 7.65. The second kappa shape index (κ2) is 4.63. The molecule has 0 aromatic heterocycles. The summed E-state index contributed by atoms with van der Waals surface area (Å²) in [5, 5.41) is 9.63. The van der Waals surface area contributed by atoms with E-state index in [1.54, 1.807) is 0 Å². The van der Waals surface area contributed by atoms with Crippen molar-refractivity contribution in [1.29, 1.82) is 0 Å². The molecule has 2 nitrogen and oxygen atoms in total. The van der Waals surface area contributed by atoms with Crippen LogP contribution in [-0.4, -0.2) is 35.2 Å². The normalized spacial score (nSPS) is 41.1. The van der Waals surface area contributed by atoms with Gasteiger partial charge in [-0.2, -0.15) is 0 Å². The van der Waals surface area contributed by atoms with Gasteiger partial charge >= 0.3 is 0 Å². The Bertz CT molecular complexity index is 163. The summed E-state index contributed by atoms with van der Waals surface area (Å²) in [6, 6.07) is 0.772. The van der Waals surface area contributed by atoms with E-state index in [-0.39, 0.29) is 6.10 Å². The fourth-order valence-corrected chi connectivity index (χ4v) is 3.05. The highest BCUT2D eigenvalue weighted by Gasteiger charge is 2.27. The lowest BCUT2D eigenvalue weighted by Gasteiger charge is -2.40. The van der Waals surface area contributed by atoms with E-state index in [1.807, 2.05) is 0 Å². The van der Waals surface area contributed by atoms with Crippen molar-refractivity contribution in [2.24, 2.45) is 5.92 Å². The van der Waals surface area contributed by atoms with Gasteiger partial charge in [-0.05, 0) is 38.1 Å². The lowest BCUT2D eigenvalue weighted by Crippen LogP contribution is -2.46. The Morgan fingerprint density at radius 1 is 1.14 bits per heavy atom. The summed E-state index contributed by atoms with van der Waals surface area (Å²) < 4.78 is 0. The molecule has 0 amide bonds. The first-order valence-electron chi connectivity index (χ1n) is 6.18. The molecule has 0 aromatic carbocycles. The van der Waals surface area contributed by atoms with Crippen LogP contribution in [0.4, 0.5) is 0 Å². The third-order valence-electron chi connectivity index (χ3n) is 3.85. The van der Waals surface area contributed by atoms with Gasteiger partial charge in [0.05, 0.1) is 6.10 Å². The SMILES string of the molecule is C[C@H]1CCC[C@@H](N2CCC[C@@H](O)C2)C1. The maximum absolute atomic E-state index is 9.63. The first-order chi connectivity index (χ1) is 6.75. The Balaban J connectivity index is 1.86. The Labute approximate surface area is 87.3 Å². The van der Waals surface area contributed by atoms with Gasteiger partial charge in [-0.25, -0.2) is 0 Å². The van der Waals surface area contributed by atoms with Crippen LogP contribution >= 0.6 is 0 Å². The zero-order valence-corrected chi connectivity index (χ0v) is 9.28. The number of piperidine rings is 1. The van der Waals surface area contributed by atoms with E-state index in [1.165, 1.54) is 38.6 Å².